The van der Waals surface area contributed by atoms with Gasteiger partial charge in [-0.25, -0.2) is 13.8 Å². The van der Waals surface area contributed by atoms with E-state index in [-0.39, 0.29) is 20.8 Å². The Morgan fingerprint density at radius 2 is 1.88 bits per heavy atom. The highest BCUT2D eigenvalue weighted by Crippen LogP contribution is 2.26. The molecule has 0 spiro atoms. The molecule has 4 nitrogen and oxygen atoms in total. The Balaban J connectivity index is 2.82. The predicted molar refractivity (Wildman–Crippen MR) is 67.3 cm³/mol. The van der Waals surface area contributed by atoms with E-state index in [1.807, 2.05) is 0 Å². The SMILES string of the molecule is Nc1nc(-c2c(F)cccc2F)c(I)c(=O)[nH]1. The van der Waals surface area contributed by atoms with E-state index in [2.05, 4.69) is 9.97 Å². The highest BCUT2D eigenvalue weighted by atomic mass is 127. The molecular formula is C10H6F2IN3O. The predicted octanol–water partition coefficient (Wildman–Crippen LogP) is 1.90. The minimum Gasteiger partial charge on any atom is -0.369 e. The maximum Gasteiger partial charge on any atom is 0.266 e. The number of benzene rings is 1. The molecule has 0 radical (unpaired) electrons. The van der Waals surface area contributed by atoms with Crippen molar-refractivity contribution in [1.29, 1.82) is 0 Å². The minimum absolute atomic E-state index is 0.0841. The van der Waals surface area contributed by atoms with Gasteiger partial charge in [0.15, 0.2) is 0 Å². The average molecular weight is 349 g/mol. The Labute approximate surface area is 108 Å². The average Bonchev–Trinajstić information content (AvgIpc) is 2.24. The Morgan fingerprint density at radius 1 is 1.29 bits per heavy atom. The number of aromatic nitrogens is 2. The largest absolute Gasteiger partial charge is 0.369 e. The standard InChI is InChI=1S/C10H6F2IN3O/c11-4-2-1-3-5(12)6(4)8-7(13)9(17)16-10(14)15-8/h1-3H,(H3,14,15,16,17). The summed E-state index contributed by atoms with van der Waals surface area (Å²) in [5, 5.41) is 0. The van der Waals surface area contributed by atoms with Crippen LogP contribution in [0.15, 0.2) is 23.0 Å². The van der Waals surface area contributed by atoms with E-state index in [1.165, 1.54) is 6.07 Å². The van der Waals surface area contributed by atoms with Crippen LogP contribution in [0.5, 0.6) is 0 Å². The fourth-order valence-corrected chi connectivity index (χ4v) is 1.89. The van der Waals surface area contributed by atoms with E-state index in [4.69, 9.17) is 5.73 Å². The normalized spacial score (nSPS) is 10.5. The molecule has 17 heavy (non-hydrogen) atoms. The maximum absolute atomic E-state index is 13.5. The quantitative estimate of drug-likeness (QED) is 0.773. The molecular weight excluding hydrogens is 343 g/mol. The molecule has 0 saturated carbocycles. The van der Waals surface area contributed by atoms with Crippen LogP contribution in [0, 0.1) is 15.2 Å². The van der Waals surface area contributed by atoms with Crippen molar-refractivity contribution in [2.45, 2.75) is 0 Å². The molecule has 0 bridgehead atoms. The topological polar surface area (TPSA) is 71.8 Å². The zero-order valence-corrected chi connectivity index (χ0v) is 10.5. The van der Waals surface area contributed by atoms with Crippen LogP contribution in [-0.4, -0.2) is 9.97 Å². The number of nitrogens with zero attached hydrogens (tertiary/aromatic N) is 1. The van der Waals surface area contributed by atoms with Crippen molar-refractivity contribution in [3.63, 3.8) is 0 Å². The molecule has 88 valence electrons. The molecule has 2 rings (SSSR count). The fourth-order valence-electron chi connectivity index (χ4n) is 1.37. The Hall–Kier alpha value is -1.51. The van der Waals surface area contributed by atoms with E-state index in [9.17, 15) is 13.6 Å². The van der Waals surface area contributed by atoms with Crippen LogP contribution in [0.3, 0.4) is 0 Å². The maximum atomic E-state index is 13.5. The van der Waals surface area contributed by atoms with Gasteiger partial charge in [-0.15, -0.1) is 0 Å². The van der Waals surface area contributed by atoms with Gasteiger partial charge >= 0.3 is 0 Å². The highest BCUT2D eigenvalue weighted by Gasteiger charge is 2.17. The highest BCUT2D eigenvalue weighted by molar-refractivity contribution is 14.1. The van der Waals surface area contributed by atoms with Crippen LogP contribution >= 0.6 is 22.6 Å². The monoisotopic (exact) mass is 349 g/mol. The minimum atomic E-state index is -0.791. The molecule has 0 atom stereocenters. The molecule has 0 unspecified atom stereocenters. The second-order valence-electron chi connectivity index (χ2n) is 3.21. The van der Waals surface area contributed by atoms with Crippen molar-refractivity contribution in [1.82, 2.24) is 9.97 Å². The second kappa shape index (κ2) is 4.40. The number of H-pyrrole nitrogens is 1. The molecule has 0 aliphatic rings. The number of hydrogen-bond acceptors (Lipinski definition) is 3. The summed E-state index contributed by atoms with van der Waals surface area (Å²) >= 11 is 1.66. The molecule has 1 aromatic heterocycles. The number of hydrogen-bond donors (Lipinski definition) is 2. The number of aromatic amines is 1. The van der Waals surface area contributed by atoms with E-state index >= 15 is 0 Å². The molecule has 0 aliphatic carbocycles. The van der Waals surface area contributed by atoms with Gasteiger partial charge in [0.1, 0.15) is 15.2 Å². The van der Waals surface area contributed by atoms with Gasteiger partial charge in [0.05, 0.1) is 11.3 Å². The number of rotatable bonds is 1. The zero-order chi connectivity index (χ0) is 12.6. The second-order valence-corrected chi connectivity index (χ2v) is 4.29. The number of nitrogen functional groups attached to an aromatic ring is 1. The Bertz CT molecular complexity index is 622. The first-order chi connectivity index (χ1) is 8.00. The van der Waals surface area contributed by atoms with Gasteiger partial charge < -0.3 is 5.73 Å². The van der Waals surface area contributed by atoms with Crippen molar-refractivity contribution in [3.05, 3.63) is 43.8 Å². The van der Waals surface area contributed by atoms with Crippen molar-refractivity contribution in [3.8, 4) is 11.3 Å². The lowest BCUT2D eigenvalue weighted by Crippen LogP contribution is -2.16. The molecule has 1 aromatic carbocycles. The van der Waals surface area contributed by atoms with Crippen molar-refractivity contribution in [2.75, 3.05) is 5.73 Å². The number of halogens is 3. The van der Waals surface area contributed by atoms with Gasteiger partial charge in [0.25, 0.3) is 5.56 Å². The number of nitrogens with one attached hydrogen (secondary N) is 1. The lowest BCUT2D eigenvalue weighted by molar-refractivity contribution is 0.588. The van der Waals surface area contributed by atoms with Crippen molar-refractivity contribution >= 4 is 28.5 Å². The van der Waals surface area contributed by atoms with Crippen molar-refractivity contribution < 1.29 is 8.78 Å². The summed E-state index contributed by atoms with van der Waals surface area (Å²) in [6, 6.07) is 3.42. The summed E-state index contributed by atoms with van der Waals surface area (Å²) in [5.41, 5.74) is 4.37. The summed E-state index contributed by atoms with van der Waals surface area (Å²) in [6.07, 6.45) is 0. The summed E-state index contributed by atoms with van der Waals surface area (Å²) in [6.45, 7) is 0. The third-order valence-electron chi connectivity index (χ3n) is 2.08. The van der Waals surface area contributed by atoms with E-state index in [0.29, 0.717) is 0 Å². The molecule has 0 saturated heterocycles. The molecule has 1 heterocycles. The first-order valence-corrected chi connectivity index (χ1v) is 5.58. The van der Waals surface area contributed by atoms with Gasteiger partial charge in [-0.05, 0) is 34.7 Å². The van der Waals surface area contributed by atoms with Gasteiger partial charge in [0.2, 0.25) is 5.95 Å². The van der Waals surface area contributed by atoms with Crippen LogP contribution in [0.2, 0.25) is 0 Å². The van der Waals surface area contributed by atoms with Gasteiger partial charge in [-0.1, -0.05) is 6.07 Å². The van der Waals surface area contributed by atoms with Gasteiger partial charge in [0, 0.05) is 0 Å². The first kappa shape index (κ1) is 12.0. The Kier molecular flexibility index (Phi) is 3.09. The Morgan fingerprint density at radius 3 is 2.47 bits per heavy atom. The van der Waals surface area contributed by atoms with E-state index < -0.39 is 17.2 Å². The van der Waals surface area contributed by atoms with Gasteiger partial charge in [-0.3, -0.25) is 9.78 Å². The molecule has 7 heteroatoms. The third-order valence-corrected chi connectivity index (χ3v) is 3.08. The molecule has 0 amide bonds. The first-order valence-electron chi connectivity index (χ1n) is 4.50. The molecule has 3 N–H and O–H groups in total. The molecule has 0 aliphatic heterocycles. The summed E-state index contributed by atoms with van der Waals surface area (Å²) in [5.74, 6) is -1.77. The lowest BCUT2D eigenvalue weighted by atomic mass is 10.1. The number of nitrogens with two attached hydrogens (primary N) is 1. The molecule has 0 fully saturated rings. The summed E-state index contributed by atoms with van der Waals surface area (Å²) in [7, 11) is 0. The van der Waals surface area contributed by atoms with Crippen LogP contribution in [0.4, 0.5) is 14.7 Å². The van der Waals surface area contributed by atoms with E-state index in [1.54, 1.807) is 22.6 Å². The van der Waals surface area contributed by atoms with Crippen LogP contribution in [-0.2, 0) is 0 Å². The summed E-state index contributed by atoms with van der Waals surface area (Å²) in [4.78, 5) is 17.4. The third kappa shape index (κ3) is 2.14. The smallest absolute Gasteiger partial charge is 0.266 e. The molecule has 2 aromatic rings. The lowest BCUT2D eigenvalue weighted by Gasteiger charge is -2.06. The summed E-state index contributed by atoms with van der Waals surface area (Å²) < 4.78 is 27.2. The van der Waals surface area contributed by atoms with Crippen LogP contribution in [0.25, 0.3) is 11.3 Å². The van der Waals surface area contributed by atoms with Crippen LogP contribution < -0.4 is 11.3 Å². The van der Waals surface area contributed by atoms with E-state index in [0.717, 1.165) is 12.1 Å². The fraction of sp³-hybridized carbons (Fsp3) is 0. The zero-order valence-electron chi connectivity index (χ0n) is 8.30. The number of anilines is 1. The van der Waals surface area contributed by atoms with Gasteiger partial charge in [-0.2, -0.15) is 0 Å². The van der Waals surface area contributed by atoms with Crippen LogP contribution in [0.1, 0.15) is 0 Å². The van der Waals surface area contributed by atoms with Crippen molar-refractivity contribution in [2.24, 2.45) is 0 Å².